The molecule has 0 spiro atoms. The van der Waals surface area contributed by atoms with E-state index >= 15 is 0 Å². The normalized spacial score (nSPS) is 15.1. The summed E-state index contributed by atoms with van der Waals surface area (Å²) in [5, 5.41) is 2.89. The van der Waals surface area contributed by atoms with Crippen molar-refractivity contribution in [2.45, 2.75) is 26.3 Å². The van der Waals surface area contributed by atoms with E-state index in [1.807, 2.05) is 42.6 Å². The molecule has 0 radical (unpaired) electrons. The Labute approximate surface area is 195 Å². The Bertz CT molecular complexity index is 1160. The van der Waals surface area contributed by atoms with E-state index in [0.717, 1.165) is 42.3 Å². The first-order valence-electron chi connectivity index (χ1n) is 10.9. The average Bonchev–Trinajstić information content (AvgIpc) is 3.18. The van der Waals surface area contributed by atoms with Crippen LogP contribution in [-0.2, 0) is 16.0 Å². The Kier molecular flexibility index (Phi) is 6.97. The highest BCUT2D eigenvalue weighted by atomic mass is 32.2. The third-order valence-corrected chi connectivity index (χ3v) is 6.70. The SMILES string of the molecule is CC(C)C(C(=O)Nc1ccc(CC(=O)N2CCSCC2)cc1)n1cnc2cc(F)c(F)cc21. The van der Waals surface area contributed by atoms with Crippen LogP contribution in [0.5, 0.6) is 0 Å². The van der Waals surface area contributed by atoms with E-state index in [2.05, 4.69) is 10.3 Å². The number of hydrogen-bond donors (Lipinski definition) is 1. The molecule has 2 aromatic carbocycles. The predicted octanol–water partition coefficient (Wildman–Crippen LogP) is 4.27. The second kappa shape index (κ2) is 9.91. The molecule has 6 nitrogen and oxygen atoms in total. The summed E-state index contributed by atoms with van der Waals surface area (Å²) in [5.74, 6) is -0.318. The van der Waals surface area contributed by atoms with E-state index in [9.17, 15) is 18.4 Å². The zero-order valence-electron chi connectivity index (χ0n) is 18.6. The first kappa shape index (κ1) is 23.2. The Morgan fingerprint density at radius 1 is 1.09 bits per heavy atom. The molecule has 1 fully saturated rings. The lowest BCUT2D eigenvalue weighted by molar-refractivity contribution is -0.130. The minimum absolute atomic E-state index is 0.114. The molecule has 0 aliphatic carbocycles. The fraction of sp³-hybridized carbons (Fsp3) is 0.375. The number of carbonyl (C=O) groups is 2. The van der Waals surface area contributed by atoms with Gasteiger partial charge in [-0.3, -0.25) is 9.59 Å². The van der Waals surface area contributed by atoms with Gasteiger partial charge in [0.1, 0.15) is 6.04 Å². The maximum atomic E-state index is 13.8. The highest BCUT2D eigenvalue weighted by Crippen LogP contribution is 2.27. The number of nitrogens with zero attached hydrogens (tertiary/aromatic N) is 3. The molecule has 3 aromatic rings. The second-order valence-corrected chi connectivity index (χ2v) is 9.68. The Balaban J connectivity index is 1.47. The van der Waals surface area contributed by atoms with Crippen LogP contribution in [0.4, 0.5) is 14.5 Å². The summed E-state index contributed by atoms with van der Waals surface area (Å²) in [4.78, 5) is 31.6. The fourth-order valence-electron chi connectivity index (χ4n) is 4.02. The Morgan fingerprint density at radius 2 is 1.76 bits per heavy atom. The van der Waals surface area contributed by atoms with Gasteiger partial charge in [0, 0.05) is 42.4 Å². The molecule has 33 heavy (non-hydrogen) atoms. The van der Waals surface area contributed by atoms with Crippen molar-refractivity contribution in [3.8, 4) is 0 Å². The third-order valence-electron chi connectivity index (χ3n) is 5.76. The predicted molar refractivity (Wildman–Crippen MR) is 126 cm³/mol. The van der Waals surface area contributed by atoms with Gasteiger partial charge in [0.2, 0.25) is 11.8 Å². The van der Waals surface area contributed by atoms with Gasteiger partial charge in [0.05, 0.1) is 23.8 Å². The number of anilines is 1. The zero-order chi connectivity index (χ0) is 23.5. The summed E-state index contributed by atoms with van der Waals surface area (Å²) in [6, 6.07) is 8.63. The number of carbonyl (C=O) groups excluding carboxylic acids is 2. The minimum atomic E-state index is -0.986. The number of benzene rings is 2. The molecular formula is C24H26F2N4O2S. The standard InChI is InChI=1S/C24H26F2N4O2S/c1-15(2)23(30-14-27-20-12-18(25)19(26)13-21(20)30)24(32)28-17-5-3-16(4-6-17)11-22(31)29-7-9-33-10-8-29/h3-6,12-15,23H,7-11H2,1-2H3,(H,28,32). The molecule has 1 N–H and O–H groups in total. The molecule has 1 atom stereocenters. The van der Waals surface area contributed by atoms with Crippen LogP contribution in [-0.4, -0.2) is 50.9 Å². The molecule has 0 bridgehead atoms. The van der Waals surface area contributed by atoms with Crippen molar-refractivity contribution < 1.29 is 18.4 Å². The number of aromatic nitrogens is 2. The number of imidazole rings is 1. The van der Waals surface area contributed by atoms with Crippen LogP contribution in [0, 0.1) is 17.6 Å². The van der Waals surface area contributed by atoms with Crippen LogP contribution in [0.3, 0.4) is 0 Å². The zero-order valence-corrected chi connectivity index (χ0v) is 19.4. The molecule has 0 saturated carbocycles. The van der Waals surface area contributed by atoms with E-state index in [1.54, 1.807) is 16.7 Å². The molecule has 9 heteroatoms. The van der Waals surface area contributed by atoms with Crippen molar-refractivity contribution >= 4 is 40.3 Å². The summed E-state index contributed by atoms with van der Waals surface area (Å²) in [6.07, 6.45) is 1.76. The van der Waals surface area contributed by atoms with Gasteiger partial charge >= 0.3 is 0 Å². The third kappa shape index (κ3) is 5.19. The number of rotatable bonds is 6. The number of nitrogens with one attached hydrogen (secondary N) is 1. The average molecular weight is 473 g/mol. The van der Waals surface area contributed by atoms with Crippen molar-refractivity contribution in [2.75, 3.05) is 29.9 Å². The summed E-state index contributed by atoms with van der Waals surface area (Å²) in [7, 11) is 0. The van der Waals surface area contributed by atoms with Crippen molar-refractivity contribution in [1.29, 1.82) is 0 Å². The van der Waals surface area contributed by atoms with Gasteiger partial charge in [0.15, 0.2) is 11.6 Å². The maximum absolute atomic E-state index is 13.8. The lowest BCUT2D eigenvalue weighted by atomic mass is 10.0. The molecule has 174 valence electrons. The minimum Gasteiger partial charge on any atom is -0.341 e. The first-order chi connectivity index (χ1) is 15.8. The van der Waals surface area contributed by atoms with Crippen LogP contribution in [0.25, 0.3) is 11.0 Å². The van der Waals surface area contributed by atoms with E-state index in [4.69, 9.17) is 0 Å². The number of amides is 2. The smallest absolute Gasteiger partial charge is 0.247 e. The monoisotopic (exact) mass is 472 g/mol. The number of hydrogen-bond acceptors (Lipinski definition) is 4. The molecule has 4 rings (SSSR count). The lowest BCUT2D eigenvalue weighted by Gasteiger charge is -2.26. The van der Waals surface area contributed by atoms with Crippen molar-refractivity contribution in [3.05, 3.63) is 59.9 Å². The number of halogens is 2. The molecule has 1 saturated heterocycles. The van der Waals surface area contributed by atoms with Crippen molar-refractivity contribution in [2.24, 2.45) is 5.92 Å². The van der Waals surface area contributed by atoms with Crippen LogP contribution in [0.1, 0.15) is 25.5 Å². The number of thioether (sulfide) groups is 1. The molecular weight excluding hydrogens is 446 g/mol. The van der Waals surface area contributed by atoms with Crippen LogP contribution < -0.4 is 5.32 Å². The fourth-order valence-corrected chi connectivity index (χ4v) is 4.92. The van der Waals surface area contributed by atoms with Crippen LogP contribution >= 0.6 is 11.8 Å². The maximum Gasteiger partial charge on any atom is 0.247 e. The van der Waals surface area contributed by atoms with Crippen LogP contribution in [0.2, 0.25) is 0 Å². The van der Waals surface area contributed by atoms with Gasteiger partial charge in [-0.05, 0) is 23.6 Å². The van der Waals surface area contributed by atoms with Gasteiger partial charge in [0.25, 0.3) is 0 Å². The van der Waals surface area contributed by atoms with Gasteiger partial charge in [-0.15, -0.1) is 0 Å². The van der Waals surface area contributed by atoms with Gasteiger partial charge in [-0.1, -0.05) is 26.0 Å². The second-order valence-electron chi connectivity index (χ2n) is 8.45. The van der Waals surface area contributed by atoms with Gasteiger partial charge in [-0.25, -0.2) is 13.8 Å². The van der Waals surface area contributed by atoms with Crippen molar-refractivity contribution in [3.63, 3.8) is 0 Å². The largest absolute Gasteiger partial charge is 0.341 e. The molecule has 2 heterocycles. The highest BCUT2D eigenvalue weighted by molar-refractivity contribution is 7.99. The Hall–Kier alpha value is -2.94. The van der Waals surface area contributed by atoms with E-state index in [1.165, 1.54) is 6.33 Å². The first-order valence-corrected chi connectivity index (χ1v) is 12.1. The summed E-state index contributed by atoms with van der Waals surface area (Å²) in [6.45, 7) is 5.33. The number of fused-ring (bicyclic) bond motifs is 1. The molecule has 1 aromatic heterocycles. The molecule has 1 unspecified atom stereocenters. The summed E-state index contributed by atoms with van der Waals surface area (Å²) >= 11 is 1.86. The van der Waals surface area contributed by atoms with E-state index < -0.39 is 17.7 Å². The quantitative estimate of drug-likeness (QED) is 0.582. The van der Waals surface area contributed by atoms with Crippen LogP contribution in [0.15, 0.2) is 42.7 Å². The molecule has 1 aliphatic rings. The van der Waals surface area contributed by atoms with Gasteiger partial charge < -0.3 is 14.8 Å². The summed E-state index contributed by atoms with van der Waals surface area (Å²) in [5.41, 5.74) is 2.12. The van der Waals surface area contributed by atoms with Gasteiger partial charge in [-0.2, -0.15) is 11.8 Å². The highest BCUT2D eigenvalue weighted by Gasteiger charge is 2.26. The van der Waals surface area contributed by atoms with Crippen molar-refractivity contribution in [1.82, 2.24) is 14.5 Å². The topological polar surface area (TPSA) is 67.2 Å². The molecule has 2 amide bonds. The lowest BCUT2D eigenvalue weighted by Crippen LogP contribution is -2.38. The summed E-state index contributed by atoms with van der Waals surface area (Å²) < 4.78 is 28.9. The molecule has 1 aliphatic heterocycles. The Morgan fingerprint density at radius 3 is 2.42 bits per heavy atom. The van der Waals surface area contributed by atoms with E-state index in [-0.39, 0.29) is 23.2 Å². The van der Waals surface area contributed by atoms with E-state index in [0.29, 0.717) is 17.6 Å².